The Labute approximate surface area is 173 Å². The lowest BCUT2D eigenvalue weighted by atomic mass is 10.1. The Balaban J connectivity index is 1.66. The number of primary amides is 1. The number of carbonyl (C=O) groups is 2. The molecular formula is C19H16BrClFN3O3. The lowest BCUT2D eigenvalue weighted by Gasteiger charge is -2.26. The van der Waals surface area contributed by atoms with Gasteiger partial charge in [-0.3, -0.25) is 14.6 Å². The molecule has 1 aromatic heterocycles. The number of nitrogens with zero attached hydrogens (tertiary/aromatic N) is 2. The minimum Gasteiger partial charge on any atom is -0.369 e. The van der Waals surface area contributed by atoms with Crippen LogP contribution in [0, 0.1) is 11.2 Å². The summed E-state index contributed by atoms with van der Waals surface area (Å²) >= 11 is 9.08. The third kappa shape index (κ3) is 3.40. The van der Waals surface area contributed by atoms with Gasteiger partial charge in [0.25, 0.3) is 5.91 Å². The molecule has 0 saturated heterocycles. The monoisotopic (exact) mass is 467 g/mol. The van der Waals surface area contributed by atoms with Gasteiger partial charge in [0.15, 0.2) is 6.23 Å². The number of nitrogens with two attached hydrogens (primary N) is 1. The molecule has 2 heterocycles. The molecule has 9 heteroatoms. The summed E-state index contributed by atoms with van der Waals surface area (Å²) in [5, 5.41) is 0.472. The van der Waals surface area contributed by atoms with Crippen molar-refractivity contribution >= 4 is 39.3 Å². The van der Waals surface area contributed by atoms with Crippen molar-refractivity contribution in [3.05, 3.63) is 62.6 Å². The number of halogens is 3. The molecule has 6 nitrogen and oxygen atoms in total. The summed E-state index contributed by atoms with van der Waals surface area (Å²) in [5.41, 5.74) is 5.68. The summed E-state index contributed by atoms with van der Waals surface area (Å²) in [6, 6.07) is 6.20. The summed E-state index contributed by atoms with van der Waals surface area (Å²) in [7, 11) is 0. The van der Waals surface area contributed by atoms with Gasteiger partial charge in [0.1, 0.15) is 5.82 Å². The van der Waals surface area contributed by atoms with Gasteiger partial charge in [0.05, 0.1) is 34.8 Å². The molecule has 2 aliphatic rings. The van der Waals surface area contributed by atoms with Crippen LogP contribution in [0.15, 0.2) is 34.9 Å². The Kier molecular flexibility index (Phi) is 4.89. The van der Waals surface area contributed by atoms with Gasteiger partial charge >= 0.3 is 0 Å². The lowest BCUT2D eigenvalue weighted by Crippen LogP contribution is -2.34. The number of pyridine rings is 1. The van der Waals surface area contributed by atoms with E-state index < -0.39 is 23.4 Å². The Morgan fingerprint density at radius 3 is 2.79 bits per heavy atom. The highest BCUT2D eigenvalue weighted by Crippen LogP contribution is 2.48. The van der Waals surface area contributed by atoms with E-state index in [0.29, 0.717) is 28.0 Å². The van der Waals surface area contributed by atoms with Crippen molar-refractivity contribution in [3.63, 3.8) is 0 Å². The Hall–Kier alpha value is -2.03. The maximum absolute atomic E-state index is 14.7. The number of benzene rings is 1. The number of rotatable bonds is 6. The molecule has 1 saturated carbocycles. The van der Waals surface area contributed by atoms with Gasteiger partial charge < -0.3 is 15.4 Å². The molecule has 0 radical (unpaired) electrons. The summed E-state index contributed by atoms with van der Waals surface area (Å²) < 4.78 is 21.1. The van der Waals surface area contributed by atoms with Crippen LogP contribution in [0.3, 0.4) is 0 Å². The second-order valence-corrected chi connectivity index (χ2v) is 8.41. The van der Waals surface area contributed by atoms with Crippen LogP contribution < -0.4 is 5.73 Å². The molecule has 1 atom stereocenters. The SMILES string of the molecule is NC(=O)C1(COC2c3c(F)cc(Br)cc3C(=O)N2Cc2ccc(Cl)cn2)CC1. The van der Waals surface area contributed by atoms with Gasteiger partial charge in [-0.1, -0.05) is 27.5 Å². The number of hydrogen-bond donors (Lipinski definition) is 1. The van der Waals surface area contributed by atoms with Crippen LogP contribution in [0.4, 0.5) is 4.39 Å². The number of ether oxygens (including phenoxy) is 1. The highest BCUT2D eigenvalue weighted by atomic mass is 79.9. The fourth-order valence-corrected chi connectivity index (χ4v) is 3.83. The van der Waals surface area contributed by atoms with Crippen LogP contribution in [0.5, 0.6) is 0 Å². The first-order chi connectivity index (χ1) is 13.3. The molecule has 1 fully saturated rings. The van der Waals surface area contributed by atoms with Crippen molar-refractivity contribution in [2.45, 2.75) is 25.6 Å². The average Bonchev–Trinajstić information content (AvgIpc) is 3.39. The lowest BCUT2D eigenvalue weighted by molar-refractivity contribution is -0.129. The molecule has 4 rings (SSSR count). The Morgan fingerprint density at radius 2 is 2.18 bits per heavy atom. The molecule has 2 N–H and O–H groups in total. The minimum atomic E-state index is -0.968. The predicted octanol–water partition coefficient (Wildman–Crippen LogP) is 3.57. The molecule has 1 aromatic carbocycles. The molecule has 0 spiro atoms. The smallest absolute Gasteiger partial charge is 0.257 e. The molecule has 1 unspecified atom stereocenters. The van der Waals surface area contributed by atoms with Crippen molar-refractivity contribution in [3.8, 4) is 0 Å². The fourth-order valence-electron chi connectivity index (χ4n) is 3.28. The molecule has 1 aliphatic carbocycles. The second-order valence-electron chi connectivity index (χ2n) is 7.06. The third-order valence-electron chi connectivity index (χ3n) is 5.13. The normalized spacial score (nSPS) is 19.6. The van der Waals surface area contributed by atoms with E-state index in [2.05, 4.69) is 20.9 Å². The summed E-state index contributed by atoms with van der Waals surface area (Å²) in [6.45, 7) is 0.135. The highest BCUT2D eigenvalue weighted by Gasteiger charge is 2.50. The number of hydrogen-bond acceptors (Lipinski definition) is 4. The van der Waals surface area contributed by atoms with Gasteiger partial charge in [0, 0.05) is 16.2 Å². The van der Waals surface area contributed by atoms with Crippen LogP contribution >= 0.6 is 27.5 Å². The van der Waals surface area contributed by atoms with Crippen molar-refractivity contribution in [1.29, 1.82) is 0 Å². The number of fused-ring (bicyclic) bond motifs is 1. The van der Waals surface area contributed by atoms with Crippen LogP contribution in [0.25, 0.3) is 0 Å². The van der Waals surface area contributed by atoms with Gasteiger partial charge in [0.2, 0.25) is 5.91 Å². The average molecular weight is 469 g/mol. The maximum atomic E-state index is 14.7. The number of amides is 2. The van der Waals surface area contributed by atoms with E-state index >= 15 is 0 Å². The summed E-state index contributed by atoms with van der Waals surface area (Å²) in [4.78, 5) is 30.2. The van der Waals surface area contributed by atoms with Crippen molar-refractivity contribution in [1.82, 2.24) is 9.88 Å². The van der Waals surface area contributed by atoms with Crippen molar-refractivity contribution < 1.29 is 18.7 Å². The molecule has 2 amide bonds. The van der Waals surface area contributed by atoms with E-state index in [-0.39, 0.29) is 30.2 Å². The second kappa shape index (κ2) is 7.09. The van der Waals surface area contributed by atoms with Crippen LogP contribution in [0.1, 0.15) is 40.7 Å². The quantitative estimate of drug-likeness (QED) is 0.702. The topological polar surface area (TPSA) is 85.5 Å². The van der Waals surface area contributed by atoms with E-state index in [1.54, 1.807) is 18.2 Å². The summed E-state index contributed by atoms with van der Waals surface area (Å²) in [6.07, 6.45) is 1.75. The number of aromatic nitrogens is 1. The van der Waals surface area contributed by atoms with E-state index in [1.807, 2.05) is 0 Å². The van der Waals surface area contributed by atoms with E-state index in [0.717, 1.165) is 0 Å². The molecule has 28 heavy (non-hydrogen) atoms. The molecule has 0 bridgehead atoms. The minimum absolute atomic E-state index is 0.0275. The van der Waals surface area contributed by atoms with Gasteiger partial charge in [-0.2, -0.15) is 0 Å². The Morgan fingerprint density at radius 1 is 1.43 bits per heavy atom. The maximum Gasteiger partial charge on any atom is 0.257 e. The van der Waals surface area contributed by atoms with E-state index in [1.165, 1.54) is 17.2 Å². The van der Waals surface area contributed by atoms with Gasteiger partial charge in [-0.15, -0.1) is 0 Å². The van der Waals surface area contributed by atoms with Crippen molar-refractivity contribution in [2.24, 2.45) is 11.1 Å². The summed E-state index contributed by atoms with van der Waals surface area (Å²) in [5.74, 6) is -1.38. The Bertz CT molecular complexity index is 966. The largest absolute Gasteiger partial charge is 0.369 e. The standard InChI is InChI=1S/C19H16BrClFN3O3/c20-10-5-13-15(14(22)6-10)17(28-9-19(3-4-19)18(23)27)25(16(13)26)8-12-2-1-11(21)7-24-12/h1-2,5-7,17H,3-4,8-9H2,(H2,23,27). The van der Waals surface area contributed by atoms with Gasteiger partial charge in [-0.05, 0) is 37.1 Å². The zero-order chi connectivity index (χ0) is 20.1. The van der Waals surface area contributed by atoms with Crippen LogP contribution in [-0.2, 0) is 16.1 Å². The zero-order valence-corrected chi connectivity index (χ0v) is 17.0. The number of carbonyl (C=O) groups excluding carboxylic acids is 2. The van der Waals surface area contributed by atoms with Gasteiger partial charge in [-0.25, -0.2) is 4.39 Å². The first-order valence-corrected chi connectivity index (χ1v) is 9.80. The van der Waals surface area contributed by atoms with E-state index in [4.69, 9.17) is 22.1 Å². The van der Waals surface area contributed by atoms with Crippen LogP contribution in [0.2, 0.25) is 5.02 Å². The first kappa shape index (κ1) is 19.3. The van der Waals surface area contributed by atoms with E-state index in [9.17, 15) is 14.0 Å². The first-order valence-electron chi connectivity index (χ1n) is 8.63. The highest BCUT2D eigenvalue weighted by molar-refractivity contribution is 9.10. The molecule has 146 valence electrons. The fraction of sp³-hybridized carbons (Fsp3) is 0.316. The third-order valence-corrected chi connectivity index (χ3v) is 5.81. The molecule has 1 aliphatic heterocycles. The van der Waals surface area contributed by atoms with Crippen LogP contribution in [-0.4, -0.2) is 28.3 Å². The van der Waals surface area contributed by atoms with Crippen molar-refractivity contribution in [2.75, 3.05) is 6.61 Å². The predicted molar refractivity (Wildman–Crippen MR) is 103 cm³/mol. The zero-order valence-electron chi connectivity index (χ0n) is 14.6. The molecule has 2 aromatic rings. The molecular weight excluding hydrogens is 453 g/mol.